The first-order valence-electron chi connectivity index (χ1n) is 9.30. The molecule has 172 valence electrons. The average Bonchev–Trinajstić information content (AvgIpc) is 3.20. The number of carboxylic acid groups (broad SMARTS) is 1. The van der Waals surface area contributed by atoms with Crippen molar-refractivity contribution in [3.63, 3.8) is 0 Å². The van der Waals surface area contributed by atoms with E-state index in [1.807, 2.05) is 0 Å². The second kappa shape index (κ2) is 12.2. The van der Waals surface area contributed by atoms with E-state index in [1.54, 1.807) is 0 Å². The van der Waals surface area contributed by atoms with Crippen LogP contribution in [0.15, 0.2) is 12.5 Å². The van der Waals surface area contributed by atoms with Crippen molar-refractivity contribution in [2.45, 2.75) is 50.4 Å². The molecule has 0 aromatic carbocycles. The first kappa shape index (κ1) is 25.5. The number of hydrogen-bond acceptors (Lipinski definition) is 8. The van der Waals surface area contributed by atoms with Crippen LogP contribution in [-0.4, -0.2) is 80.6 Å². The van der Waals surface area contributed by atoms with Crippen LogP contribution in [0.25, 0.3) is 0 Å². The number of nitrogens with one attached hydrogen (secondary N) is 4. The number of aromatic amines is 1. The minimum absolute atomic E-state index is 0.0343. The summed E-state index contributed by atoms with van der Waals surface area (Å²) in [6.07, 6.45) is 1.21. The summed E-state index contributed by atoms with van der Waals surface area (Å²) < 4.78 is 0. The summed E-state index contributed by atoms with van der Waals surface area (Å²) in [7, 11) is 0. The molecule has 0 bridgehead atoms. The highest BCUT2D eigenvalue weighted by atomic mass is 16.4. The van der Waals surface area contributed by atoms with Crippen LogP contribution >= 0.6 is 0 Å². The maximum absolute atomic E-state index is 12.8. The lowest BCUT2D eigenvalue weighted by Crippen LogP contribution is -2.59. The van der Waals surface area contributed by atoms with Gasteiger partial charge in [-0.25, -0.2) is 4.98 Å². The average molecular weight is 441 g/mol. The number of carbonyl (C=O) groups is 5. The summed E-state index contributed by atoms with van der Waals surface area (Å²) in [5.41, 5.74) is 11.2. The Kier molecular flexibility index (Phi) is 10.1. The van der Waals surface area contributed by atoms with Crippen molar-refractivity contribution >= 4 is 29.6 Å². The molecule has 0 aliphatic heterocycles. The number of imidazole rings is 1. The van der Waals surface area contributed by atoms with Crippen LogP contribution in [0.2, 0.25) is 0 Å². The van der Waals surface area contributed by atoms with Gasteiger partial charge in [-0.15, -0.1) is 0 Å². The van der Waals surface area contributed by atoms with Crippen molar-refractivity contribution in [2.75, 3.05) is 6.54 Å². The number of H-pyrrole nitrogens is 1. The monoisotopic (exact) mass is 441 g/mol. The molecule has 0 aliphatic carbocycles. The summed E-state index contributed by atoms with van der Waals surface area (Å²) in [4.78, 5) is 65.3. The molecule has 4 unspecified atom stereocenters. The maximum atomic E-state index is 12.8. The fraction of sp³-hybridized carbons (Fsp3) is 0.529. The number of aliphatic hydroxyl groups excluding tert-OH is 1. The van der Waals surface area contributed by atoms with E-state index in [0.717, 1.165) is 0 Å². The highest BCUT2D eigenvalue weighted by molar-refractivity contribution is 5.94. The number of carbonyl (C=O) groups excluding carboxylic acids is 4. The van der Waals surface area contributed by atoms with Crippen LogP contribution in [0.1, 0.15) is 25.5 Å². The van der Waals surface area contributed by atoms with Gasteiger partial charge in [-0.1, -0.05) is 0 Å². The number of hydrogen-bond donors (Lipinski definition) is 8. The first-order valence-corrected chi connectivity index (χ1v) is 9.30. The Labute approximate surface area is 177 Å². The Bertz CT molecular complexity index is 782. The van der Waals surface area contributed by atoms with Crippen LogP contribution in [0, 0.1) is 0 Å². The van der Waals surface area contributed by atoms with Gasteiger partial charge in [0.15, 0.2) is 0 Å². The summed E-state index contributed by atoms with van der Waals surface area (Å²) in [5, 5.41) is 25.3. The fourth-order valence-electron chi connectivity index (χ4n) is 2.46. The number of aliphatic carboxylic acids is 1. The Balaban J connectivity index is 2.91. The van der Waals surface area contributed by atoms with Crippen molar-refractivity contribution in [1.82, 2.24) is 25.9 Å². The van der Waals surface area contributed by atoms with Crippen LogP contribution in [0.3, 0.4) is 0 Å². The molecule has 4 atom stereocenters. The second-order valence-electron chi connectivity index (χ2n) is 6.79. The molecule has 31 heavy (non-hydrogen) atoms. The summed E-state index contributed by atoms with van der Waals surface area (Å²) in [5.74, 6) is -4.43. The van der Waals surface area contributed by atoms with Gasteiger partial charge in [-0.3, -0.25) is 24.0 Å². The minimum atomic E-state index is -1.48. The molecule has 1 aromatic heterocycles. The van der Waals surface area contributed by atoms with Crippen molar-refractivity contribution in [1.29, 1.82) is 0 Å². The smallest absolute Gasteiger partial charge is 0.322 e. The molecule has 0 saturated heterocycles. The largest absolute Gasteiger partial charge is 0.480 e. The zero-order valence-corrected chi connectivity index (χ0v) is 16.8. The van der Waals surface area contributed by atoms with Gasteiger partial charge in [-0.05, 0) is 13.3 Å². The molecule has 0 spiro atoms. The predicted octanol–water partition coefficient (Wildman–Crippen LogP) is -3.90. The topological polar surface area (TPSA) is 243 Å². The highest BCUT2D eigenvalue weighted by Gasteiger charge is 2.31. The molecule has 0 aliphatic rings. The number of primary amides is 1. The molecule has 0 saturated carbocycles. The molecular weight excluding hydrogens is 414 g/mol. The van der Waals surface area contributed by atoms with Crippen molar-refractivity contribution in [3.05, 3.63) is 18.2 Å². The third-order valence-corrected chi connectivity index (χ3v) is 4.13. The van der Waals surface area contributed by atoms with Gasteiger partial charge in [0.1, 0.15) is 18.6 Å². The predicted molar refractivity (Wildman–Crippen MR) is 105 cm³/mol. The van der Waals surface area contributed by atoms with Gasteiger partial charge in [-0.2, -0.15) is 0 Å². The number of rotatable bonds is 13. The van der Waals surface area contributed by atoms with E-state index in [-0.39, 0.29) is 19.3 Å². The van der Waals surface area contributed by atoms with E-state index in [2.05, 4.69) is 25.9 Å². The van der Waals surface area contributed by atoms with E-state index in [4.69, 9.17) is 16.6 Å². The number of nitrogens with zero attached hydrogens (tertiary/aromatic N) is 1. The van der Waals surface area contributed by atoms with Crippen LogP contribution in [-0.2, 0) is 30.4 Å². The van der Waals surface area contributed by atoms with Crippen LogP contribution in [0.5, 0.6) is 0 Å². The molecule has 1 rings (SSSR count). The fourth-order valence-corrected chi connectivity index (χ4v) is 2.46. The SMILES string of the molecule is CC(O)C(NC(=O)C(Cc1cnc[nH]1)NC(=O)C(N)CCC(N)=O)C(=O)NCC(=O)O. The molecule has 1 heterocycles. The van der Waals surface area contributed by atoms with Gasteiger partial charge >= 0.3 is 5.97 Å². The molecule has 0 radical (unpaired) electrons. The third-order valence-electron chi connectivity index (χ3n) is 4.13. The van der Waals surface area contributed by atoms with E-state index in [1.165, 1.54) is 19.4 Å². The van der Waals surface area contributed by atoms with E-state index >= 15 is 0 Å². The Hall–Kier alpha value is -3.52. The number of amides is 4. The van der Waals surface area contributed by atoms with E-state index in [9.17, 15) is 29.1 Å². The normalized spacial score (nSPS) is 14.5. The lowest BCUT2D eigenvalue weighted by molar-refractivity contribution is -0.139. The van der Waals surface area contributed by atoms with Crippen molar-refractivity contribution in [2.24, 2.45) is 11.5 Å². The van der Waals surface area contributed by atoms with E-state index in [0.29, 0.717) is 5.69 Å². The third kappa shape index (κ3) is 9.22. The number of carboxylic acids is 1. The number of nitrogens with two attached hydrogens (primary N) is 2. The summed E-state index contributed by atoms with van der Waals surface area (Å²) in [6, 6.07) is -3.81. The highest BCUT2D eigenvalue weighted by Crippen LogP contribution is 2.03. The molecular formula is C17H27N7O7. The Morgan fingerprint density at radius 2 is 1.84 bits per heavy atom. The molecule has 0 fully saturated rings. The van der Waals surface area contributed by atoms with Gasteiger partial charge in [0.25, 0.3) is 0 Å². The Morgan fingerprint density at radius 3 is 2.35 bits per heavy atom. The molecule has 4 amide bonds. The molecule has 14 nitrogen and oxygen atoms in total. The van der Waals surface area contributed by atoms with Gasteiger partial charge in [0, 0.05) is 24.7 Å². The standard InChI is InChI=1S/C17H27N7O7/c1-8(25)14(17(31)21-6-13(27)28)24-16(30)11(4-9-5-20-7-22-9)23-15(29)10(18)2-3-12(19)26/h5,7-8,10-11,14,25H,2-4,6,18H2,1H3,(H2,19,26)(H,20,22)(H,21,31)(H,23,29)(H,24,30)(H,27,28). The number of aromatic nitrogens is 2. The van der Waals surface area contributed by atoms with Crippen LogP contribution in [0.4, 0.5) is 0 Å². The first-order chi connectivity index (χ1) is 14.5. The van der Waals surface area contributed by atoms with Gasteiger partial charge < -0.3 is 42.6 Å². The quantitative estimate of drug-likeness (QED) is 0.149. The minimum Gasteiger partial charge on any atom is -0.480 e. The zero-order valence-electron chi connectivity index (χ0n) is 16.8. The Morgan fingerprint density at radius 1 is 1.16 bits per heavy atom. The van der Waals surface area contributed by atoms with Crippen molar-refractivity contribution in [3.8, 4) is 0 Å². The van der Waals surface area contributed by atoms with Crippen molar-refractivity contribution < 1.29 is 34.2 Å². The van der Waals surface area contributed by atoms with E-state index < -0.39 is 60.4 Å². The van der Waals surface area contributed by atoms with Crippen LogP contribution < -0.4 is 27.4 Å². The second-order valence-corrected chi connectivity index (χ2v) is 6.79. The molecule has 10 N–H and O–H groups in total. The summed E-state index contributed by atoms with van der Waals surface area (Å²) >= 11 is 0. The lowest BCUT2D eigenvalue weighted by Gasteiger charge is -2.25. The lowest BCUT2D eigenvalue weighted by atomic mass is 10.1. The molecule has 14 heteroatoms. The molecule has 1 aromatic rings. The number of aliphatic hydroxyl groups is 1. The maximum Gasteiger partial charge on any atom is 0.322 e. The van der Waals surface area contributed by atoms with Gasteiger partial charge in [0.05, 0.1) is 18.5 Å². The zero-order chi connectivity index (χ0) is 23.6. The summed E-state index contributed by atoms with van der Waals surface area (Å²) in [6.45, 7) is 0.522. The van der Waals surface area contributed by atoms with Gasteiger partial charge in [0.2, 0.25) is 23.6 Å².